The van der Waals surface area contributed by atoms with E-state index in [9.17, 15) is 24.9 Å². The zero-order valence-corrected chi connectivity index (χ0v) is 23.1. The van der Waals surface area contributed by atoms with E-state index in [4.69, 9.17) is 31.5 Å². The number of nitrogens with zero attached hydrogens (tertiary/aromatic N) is 1. The predicted molar refractivity (Wildman–Crippen MR) is 143 cm³/mol. The van der Waals surface area contributed by atoms with Gasteiger partial charge in [0.15, 0.2) is 0 Å². The molecule has 1 aliphatic rings. The quantitative estimate of drug-likeness (QED) is 0.0682. The van der Waals surface area contributed by atoms with Gasteiger partial charge in [-0.05, 0) is 50.3 Å². The minimum atomic E-state index is -0.899. The number of carbonyl (C=O) groups is 2. The fourth-order valence-electron chi connectivity index (χ4n) is 4.22. The average Bonchev–Trinajstić information content (AvgIpc) is 3.16. The van der Waals surface area contributed by atoms with Crippen LogP contribution in [0.5, 0.6) is 5.75 Å². The highest BCUT2D eigenvalue weighted by molar-refractivity contribution is 6.30. The largest absolute Gasteiger partial charge is 0.491 e. The summed E-state index contributed by atoms with van der Waals surface area (Å²) in [6.07, 6.45) is 6.13. The van der Waals surface area contributed by atoms with Crippen molar-refractivity contribution in [2.75, 3.05) is 19.8 Å². The number of aliphatic hydroxyl groups excluding tert-OH is 3. The van der Waals surface area contributed by atoms with E-state index >= 15 is 0 Å². The Morgan fingerprint density at radius 2 is 1.98 bits per heavy atom. The number of carbonyl (C=O) groups excluding carboxylic acids is 2. The SMILES string of the molecule is CC(COC(=O)CNC(=O)CCC/C=C\C[C@@H]1[C@@H](/C=C/[C@@H](O)COc2cccc(Cl)c2)[C@H](O)C[C@@H]1O)ON(O)O. The molecular formula is C27H39ClN2O10. The molecule has 1 fully saturated rings. The van der Waals surface area contributed by atoms with Gasteiger partial charge in [-0.15, -0.1) is 0 Å². The Bertz CT molecular complexity index is 976. The molecule has 12 nitrogen and oxygen atoms in total. The van der Waals surface area contributed by atoms with Crippen LogP contribution in [0.1, 0.15) is 39.0 Å². The molecule has 0 radical (unpaired) electrons. The summed E-state index contributed by atoms with van der Waals surface area (Å²) in [5, 5.41) is 50.6. The van der Waals surface area contributed by atoms with Crippen LogP contribution in [0.25, 0.3) is 0 Å². The van der Waals surface area contributed by atoms with Crippen LogP contribution < -0.4 is 10.1 Å². The molecular weight excluding hydrogens is 548 g/mol. The number of benzene rings is 1. The molecule has 40 heavy (non-hydrogen) atoms. The lowest BCUT2D eigenvalue weighted by Gasteiger charge is -2.19. The van der Waals surface area contributed by atoms with Crippen LogP contribution >= 0.6 is 11.6 Å². The molecule has 0 saturated heterocycles. The Morgan fingerprint density at radius 3 is 2.70 bits per heavy atom. The molecule has 0 aromatic heterocycles. The van der Waals surface area contributed by atoms with Gasteiger partial charge in [-0.2, -0.15) is 0 Å². The summed E-state index contributed by atoms with van der Waals surface area (Å²) in [6, 6.07) is 6.85. The number of amides is 1. The van der Waals surface area contributed by atoms with Crippen molar-refractivity contribution < 1.29 is 49.6 Å². The average molecular weight is 587 g/mol. The smallest absolute Gasteiger partial charge is 0.325 e. The molecule has 0 bridgehead atoms. The lowest BCUT2D eigenvalue weighted by Crippen LogP contribution is -2.32. The van der Waals surface area contributed by atoms with Gasteiger partial charge in [-0.1, -0.05) is 42.0 Å². The van der Waals surface area contributed by atoms with Gasteiger partial charge >= 0.3 is 5.97 Å². The number of hydrogen-bond donors (Lipinski definition) is 6. The normalized spacial score (nSPS) is 22.6. The molecule has 6 N–H and O–H groups in total. The molecule has 0 aliphatic heterocycles. The monoisotopic (exact) mass is 586 g/mol. The lowest BCUT2D eigenvalue weighted by atomic mass is 9.89. The second-order valence-electron chi connectivity index (χ2n) is 9.56. The van der Waals surface area contributed by atoms with Crippen molar-refractivity contribution in [2.45, 2.75) is 63.4 Å². The van der Waals surface area contributed by atoms with Crippen molar-refractivity contribution >= 4 is 23.5 Å². The van der Waals surface area contributed by atoms with Gasteiger partial charge in [0.2, 0.25) is 5.91 Å². The van der Waals surface area contributed by atoms with Crippen molar-refractivity contribution in [3.63, 3.8) is 0 Å². The van der Waals surface area contributed by atoms with E-state index in [-0.39, 0.29) is 50.3 Å². The van der Waals surface area contributed by atoms with Crippen molar-refractivity contribution in [1.82, 2.24) is 10.7 Å². The van der Waals surface area contributed by atoms with Crippen molar-refractivity contribution in [3.8, 4) is 5.75 Å². The highest BCUT2D eigenvalue weighted by Crippen LogP contribution is 2.36. The second-order valence-corrected chi connectivity index (χ2v) is 10.00. The molecule has 1 amide bonds. The van der Waals surface area contributed by atoms with Crippen LogP contribution in [0.2, 0.25) is 5.02 Å². The van der Waals surface area contributed by atoms with Gasteiger partial charge in [0.05, 0.1) is 17.6 Å². The van der Waals surface area contributed by atoms with E-state index < -0.39 is 35.8 Å². The first-order valence-electron chi connectivity index (χ1n) is 13.1. The number of rotatable bonds is 17. The molecule has 6 atom stereocenters. The molecule has 1 saturated carbocycles. The highest BCUT2D eigenvalue weighted by atomic mass is 35.5. The molecule has 1 aromatic rings. The maximum atomic E-state index is 11.9. The van der Waals surface area contributed by atoms with Crippen LogP contribution in [0, 0.1) is 11.8 Å². The van der Waals surface area contributed by atoms with Crippen LogP contribution in [-0.2, 0) is 19.2 Å². The number of allylic oxidation sites excluding steroid dienone is 2. The Kier molecular flexibility index (Phi) is 15.1. The number of nitrogens with one attached hydrogen (secondary N) is 1. The van der Waals surface area contributed by atoms with Gasteiger partial charge in [-0.25, -0.2) is 4.84 Å². The topological polar surface area (TPSA) is 178 Å². The standard InChI is InChI=1S/C27H39ClN2O10/c1-18(40-30(36)37)16-39-27(35)15-29-26(34)10-5-3-2-4-9-22-23(25(33)14-24(22)32)12-11-20(31)17-38-21-8-6-7-19(28)13-21/h2,4,6-8,11-13,18,20,22-25,31-33,36-37H,3,5,9-10,14-17H2,1H3,(H,29,34)/b4-2-,12-11+/t18?,20-,22-,23-,24+,25-/m1/s1. The van der Waals surface area contributed by atoms with Crippen LogP contribution in [0.4, 0.5) is 0 Å². The van der Waals surface area contributed by atoms with Crippen LogP contribution in [0.15, 0.2) is 48.6 Å². The number of ether oxygens (including phenoxy) is 2. The minimum Gasteiger partial charge on any atom is -0.491 e. The summed E-state index contributed by atoms with van der Waals surface area (Å²) < 4.78 is 10.4. The number of halogens is 1. The number of hydrogen-bond acceptors (Lipinski definition) is 11. The summed E-state index contributed by atoms with van der Waals surface area (Å²) in [5.41, 5.74) is 0. The van der Waals surface area contributed by atoms with Gasteiger partial charge in [0.25, 0.3) is 0 Å². The van der Waals surface area contributed by atoms with E-state index in [1.54, 1.807) is 36.4 Å². The third-order valence-electron chi connectivity index (χ3n) is 6.22. The van der Waals surface area contributed by atoms with E-state index in [0.717, 1.165) is 0 Å². The van der Waals surface area contributed by atoms with Crippen molar-refractivity contribution in [3.05, 3.63) is 53.6 Å². The lowest BCUT2D eigenvalue weighted by molar-refractivity contribution is -0.504. The summed E-state index contributed by atoms with van der Waals surface area (Å²) in [4.78, 5) is 28.0. The van der Waals surface area contributed by atoms with E-state index in [0.29, 0.717) is 30.0 Å². The molecule has 0 spiro atoms. The van der Waals surface area contributed by atoms with Gasteiger partial charge in [0, 0.05) is 23.8 Å². The Hall–Kier alpha value is -2.55. The summed E-state index contributed by atoms with van der Waals surface area (Å²) >= 11 is 5.93. The van der Waals surface area contributed by atoms with Gasteiger partial charge in [-0.3, -0.25) is 20.0 Å². The number of aliphatic hydroxyl groups is 3. The molecule has 1 aliphatic carbocycles. The fourth-order valence-corrected chi connectivity index (χ4v) is 4.40. The van der Waals surface area contributed by atoms with Crippen LogP contribution in [0.3, 0.4) is 0 Å². The molecule has 224 valence electrons. The van der Waals surface area contributed by atoms with E-state index in [1.807, 2.05) is 12.2 Å². The zero-order valence-electron chi connectivity index (χ0n) is 22.3. The van der Waals surface area contributed by atoms with Crippen molar-refractivity contribution in [2.24, 2.45) is 11.8 Å². The summed E-state index contributed by atoms with van der Waals surface area (Å²) in [5.74, 6) is -1.01. The summed E-state index contributed by atoms with van der Waals surface area (Å²) in [7, 11) is 0. The third-order valence-corrected chi connectivity index (χ3v) is 6.46. The molecule has 2 rings (SSSR count). The molecule has 1 aromatic carbocycles. The third kappa shape index (κ3) is 13.2. The Labute approximate surface area is 238 Å². The minimum absolute atomic E-state index is 0.0177. The van der Waals surface area contributed by atoms with E-state index in [1.165, 1.54) is 6.92 Å². The van der Waals surface area contributed by atoms with Gasteiger partial charge in [0.1, 0.15) is 37.7 Å². The first-order chi connectivity index (χ1) is 19.0. The first kappa shape index (κ1) is 33.7. The highest BCUT2D eigenvalue weighted by Gasteiger charge is 2.39. The fraction of sp³-hybridized carbons (Fsp3) is 0.556. The second kappa shape index (κ2) is 18.0. The van der Waals surface area contributed by atoms with Crippen LogP contribution in [-0.4, -0.2) is 87.2 Å². The van der Waals surface area contributed by atoms with Gasteiger partial charge < -0.3 is 30.1 Å². The predicted octanol–water partition coefficient (Wildman–Crippen LogP) is 2.17. The first-order valence-corrected chi connectivity index (χ1v) is 13.5. The maximum absolute atomic E-state index is 11.9. The number of unbranched alkanes of at least 4 members (excludes halogenated alkanes) is 1. The summed E-state index contributed by atoms with van der Waals surface area (Å²) in [6.45, 7) is 0.932. The Morgan fingerprint density at radius 1 is 1.20 bits per heavy atom. The molecule has 1 unspecified atom stereocenters. The molecule has 13 heteroatoms. The Balaban J connectivity index is 1.66. The number of esters is 1. The maximum Gasteiger partial charge on any atom is 0.325 e. The zero-order chi connectivity index (χ0) is 29.5. The molecule has 0 heterocycles. The van der Waals surface area contributed by atoms with Crippen molar-refractivity contribution in [1.29, 1.82) is 0 Å². The van der Waals surface area contributed by atoms with E-state index in [2.05, 4.69) is 10.2 Å².